The molecule has 0 aliphatic rings. The highest BCUT2D eigenvalue weighted by Gasteiger charge is 2.05. The number of rotatable bonds is 2. The van der Waals surface area contributed by atoms with Crippen molar-refractivity contribution < 1.29 is 9.53 Å². The summed E-state index contributed by atoms with van der Waals surface area (Å²) in [7, 11) is 0. The minimum absolute atomic E-state index is 0.279. The van der Waals surface area contributed by atoms with Crippen LogP contribution in [-0.4, -0.2) is 11.0 Å². The van der Waals surface area contributed by atoms with Crippen LogP contribution in [0.4, 0.5) is 0 Å². The number of esters is 1. The van der Waals surface area contributed by atoms with Gasteiger partial charge in [0.05, 0.1) is 0 Å². The highest BCUT2D eigenvalue weighted by molar-refractivity contribution is 6.31. The molecular weight excluding hydrogens is 214 g/mol. The summed E-state index contributed by atoms with van der Waals surface area (Å²) < 4.78 is 4.93. The fourth-order valence-electron chi connectivity index (χ4n) is 1.46. The van der Waals surface area contributed by atoms with Crippen molar-refractivity contribution in [2.24, 2.45) is 0 Å². The van der Waals surface area contributed by atoms with E-state index in [1.54, 1.807) is 0 Å². The summed E-state index contributed by atoms with van der Waals surface area (Å²) in [6, 6.07) is 5.57. The molecular formula is C11H10ClNO2. The molecule has 2 rings (SSSR count). The summed E-state index contributed by atoms with van der Waals surface area (Å²) in [6.45, 7) is 1.68. The van der Waals surface area contributed by atoms with E-state index in [2.05, 4.69) is 4.98 Å². The van der Waals surface area contributed by atoms with Gasteiger partial charge in [-0.1, -0.05) is 17.7 Å². The first kappa shape index (κ1) is 10.1. The summed E-state index contributed by atoms with van der Waals surface area (Å²) in [4.78, 5) is 13.8. The minimum atomic E-state index is -0.279. The third kappa shape index (κ3) is 2.13. The fourth-order valence-corrected chi connectivity index (χ4v) is 1.63. The second-order valence-electron chi connectivity index (χ2n) is 3.28. The lowest BCUT2D eigenvalue weighted by Crippen LogP contribution is -1.97. The number of hydrogen-bond acceptors (Lipinski definition) is 2. The number of benzene rings is 1. The van der Waals surface area contributed by atoms with Crippen LogP contribution in [0, 0.1) is 0 Å². The van der Waals surface area contributed by atoms with Gasteiger partial charge in [-0.15, -0.1) is 0 Å². The zero-order valence-electron chi connectivity index (χ0n) is 8.21. The van der Waals surface area contributed by atoms with Gasteiger partial charge in [-0.05, 0) is 12.1 Å². The zero-order chi connectivity index (χ0) is 10.8. The van der Waals surface area contributed by atoms with Gasteiger partial charge in [0.25, 0.3) is 0 Å². The zero-order valence-corrected chi connectivity index (χ0v) is 8.97. The molecule has 0 saturated carbocycles. The molecule has 0 saturated heterocycles. The van der Waals surface area contributed by atoms with Crippen LogP contribution < -0.4 is 0 Å². The summed E-state index contributed by atoms with van der Waals surface area (Å²) in [6.07, 6.45) is 1.82. The Bertz CT molecular complexity index is 504. The van der Waals surface area contributed by atoms with E-state index < -0.39 is 0 Å². The molecule has 0 fully saturated rings. The molecule has 1 aromatic heterocycles. The third-order valence-corrected chi connectivity index (χ3v) is 2.40. The first-order valence-electron chi connectivity index (χ1n) is 4.55. The van der Waals surface area contributed by atoms with Crippen LogP contribution in [0.15, 0.2) is 24.4 Å². The first-order chi connectivity index (χ1) is 7.16. The molecule has 1 N–H and O–H groups in total. The SMILES string of the molecule is CC(=O)OCc1c[nH]c2cc(Cl)ccc12. The molecule has 1 aromatic carbocycles. The Morgan fingerprint density at radius 1 is 1.53 bits per heavy atom. The van der Waals surface area contributed by atoms with Crippen molar-refractivity contribution >= 4 is 28.5 Å². The summed E-state index contributed by atoms with van der Waals surface area (Å²) >= 11 is 5.85. The number of aromatic nitrogens is 1. The number of aromatic amines is 1. The third-order valence-electron chi connectivity index (χ3n) is 2.16. The molecule has 0 amide bonds. The average Bonchev–Trinajstić information content (AvgIpc) is 2.57. The van der Waals surface area contributed by atoms with Crippen LogP contribution in [0.25, 0.3) is 10.9 Å². The molecule has 15 heavy (non-hydrogen) atoms. The predicted molar refractivity (Wildman–Crippen MR) is 58.8 cm³/mol. The van der Waals surface area contributed by atoms with E-state index in [9.17, 15) is 4.79 Å². The molecule has 78 valence electrons. The number of fused-ring (bicyclic) bond motifs is 1. The predicted octanol–water partition coefficient (Wildman–Crippen LogP) is 2.88. The number of carbonyl (C=O) groups is 1. The van der Waals surface area contributed by atoms with E-state index in [4.69, 9.17) is 16.3 Å². The molecule has 0 spiro atoms. The van der Waals surface area contributed by atoms with E-state index in [1.165, 1.54) is 6.92 Å². The summed E-state index contributed by atoms with van der Waals surface area (Å²) in [5.74, 6) is -0.279. The van der Waals surface area contributed by atoms with Gasteiger partial charge in [0.15, 0.2) is 0 Å². The molecule has 0 unspecified atom stereocenters. The van der Waals surface area contributed by atoms with Crippen molar-refractivity contribution in [1.82, 2.24) is 4.98 Å². The van der Waals surface area contributed by atoms with Crippen molar-refractivity contribution in [3.63, 3.8) is 0 Å². The van der Waals surface area contributed by atoms with Crippen molar-refractivity contribution in [3.05, 3.63) is 35.0 Å². The first-order valence-corrected chi connectivity index (χ1v) is 4.93. The van der Waals surface area contributed by atoms with E-state index >= 15 is 0 Å². The quantitative estimate of drug-likeness (QED) is 0.796. The number of hydrogen-bond donors (Lipinski definition) is 1. The van der Waals surface area contributed by atoms with Crippen molar-refractivity contribution in [2.45, 2.75) is 13.5 Å². The van der Waals surface area contributed by atoms with E-state index in [0.717, 1.165) is 16.5 Å². The molecule has 4 heteroatoms. The number of carbonyl (C=O) groups excluding carboxylic acids is 1. The van der Waals surface area contributed by atoms with Crippen LogP contribution in [0.2, 0.25) is 5.02 Å². The Morgan fingerprint density at radius 3 is 3.07 bits per heavy atom. The highest BCUT2D eigenvalue weighted by atomic mass is 35.5. The van der Waals surface area contributed by atoms with Crippen molar-refractivity contribution in [2.75, 3.05) is 0 Å². The lowest BCUT2D eigenvalue weighted by atomic mass is 10.2. The smallest absolute Gasteiger partial charge is 0.302 e. The van der Waals surface area contributed by atoms with Gasteiger partial charge in [-0.2, -0.15) is 0 Å². The number of ether oxygens (including phenoxy) is 1. The molecule has 0 atom stereocenters. The molecule has 0 aliphatic carbocycles. The Labute approximate surface area is 92.0 Å². The fraction of sp³-hybridized carbons (Fsp3) is 0.182. The Morgan fingerprint density at radius 2 is 2.33 bits per heavy atom. The Kier molecular flexibility index (Phi) is 2.64. The van der Waals surface area contributed by atoms with Crippen LogP contribution in [0.1, 0.15) is 12.5 Å². The summed E-state index contributed by atoms with van der Waals surface area (Å²) in [5, 5.41) is 1.71. The Hall–Kier alpha value is -1.48. The maximum absolute atomic E-state index is 10.7. The van der Waals surface area contributed by atoms with E-state index in [0.29, 0.717) is 5.02 Å². The lowest BCUT2D eigenvalue weighted by molar-refractivity contribution is -0.142. The van der Waals surface area contributed by atoms with Crippen LogP contribution in [-0.2, 0) is 16.1 Å². The monoisotopic (exact) mass is 223 g/mol. The second-order valence-corrected chi connectivity index (χ2v) is 3.72. The van der Waals surface area contributed by atoms with E-state index in [-0.39, 0.29) is 12.6 Å². The molecule has 0 aliphatic heterocycles. The number of halogens is 1. The maximum Gasteiger partial charge on any atom is 0.302 e. The van der Waals surface area contributed by atoms with E-state index in [1.807, 2.05) is 24.4 Å². The van der Waals surface area contributed by atoms with Gasteiger partial charge in [0.1, 0.15) is 6.61 Å². The molecule has 3 nitrogen and oxygen atoms in total. The summed E-state index contributed by atoms with van der Waals surface area (Å²) in [5.41, 5.74) is 1.90. The number of nitrogens with one attached hydrogen (secondary N) is 1. The van der Waals surface area contributed by atoms with Gasteiger partial charge in [0.2, 0.25) is 0 Å². The average molecular weight is 224 g/mol. The van der Waals surface area contributed by atoms with Gasteiger partial charge < -0.3 is 9.72 Å². The Balaban J connectivity index is 2.32. The lowest BCUT2D eigenvalue weighted by Gasteiger charge is -1.99. The van der Waals surface area contributed by atoms with Crippen LogP contribution >= 0.6 is 11.6 Å². The van der Waals surface area contributed by atoms with Gasteiger partial charge in [-0.25, -0.2) is 0 Å². The van der Waals surface area contributed by atoms with Crippen molar-refractivity contribution in [1.29, 1.82) is 0 Å². The second kappa shape index (κ2) is 3.95. The standard InChI is InChI=1S/C11H10ClNO2/c1-7(14)15-6-8-5-13-11-4-9(12)2-3-10(8)11/h2-5,13H,6H2,1H3. The van der Waals surface area contributed by atoms with Gasteiger partial charge in [0, 0.05) is 34.6 Å². The van der Waals surface area contributed by atoms with Gasteiger partial charge in [-0.3, -0.25) is 4.79 Å². The molecule has 0 bridgehead atoms. The van der Waals surface area contributed by atoms with Crippen molar-refractivity contribution in [3.8, 4) is 0 Å². The largest absolute Gasteiger partial charge is 0.461 e. The van der Waals surface area contributed by atoms with Gasteiger partial charge >= 0.3 is 5.97 Å². The minimum Gasteiger partial charge on any atom is -0.461 e. The van der Waals surface area contributed by atoms with Crippen LogP contribution in [0.3, 0.4) is 0 Å². The maximum atomic E-state index is 10.7. The topological polar surface area (TPSA) is 42.1 Å². The number of H-pyrrole nitrogens is 1. The van der Waals surface area contributed by atoms with Crippen LogP contribution in [0.5, 0.6) is 0 Å². The molecule has 1 heterocycles. The molecule has 0 radical (unpaired) electrons. The molecule has 2 aromatic rings. The normalized spacial score (nSPS) is 10.5. The highest BCUT2D eigenvalue weighted by Crippen LogP contribution is 2.22.